The van der Waals surface area contributed by atoms with E-state index in [0.29, 0.717) is 11.9 Å². The minimum absolute atomic E-state index is 0.205. The summed E-state index contributed by atoms with van der Waals surface area (Å²) in [4.78, 5) is 2.45. The second kappa shape index (κ2) is 7.54. The molecule has 0 aliphatic carbocycles. The van der Waals surface area contributed by atoms with E-state index >= 15 is 0 Å². The molecule has 0 fully saturated rings. The first-order valence-electron chi connectivity index (χ1n) is 6.57. The van der Waals surface area contributed by atoms with Gasteiger partial charge in [0.15, 0.2) is 0 Å². The van der Waals surface area contributed by atoms with Crippen molar-refractivity contribution in [1.29, 1.82) is 0 Å². The summed E-state index contributed by atoms with van der Waals surface area (Å²) in [7, 11) is 0. The monoisotopic (exact) mass is 243 g/mol. The third kappa shape index (κ3) is 5.91. The largest absolute Gasteiger partial charge is 0.409 e. The van der Waals surface area contributed by atoms with Crippen molar-refractivity contribution in [2.75, 3.05) is 13.1 Å². The molecule has 0 unspecified atom stereocenters. The highest BCUT2D eigenvalue weighted by molar-refractivity contribution is 5.85. The van der Waals surface area contributed by atoms with Crippen LogP contribution in [0.4, 0.5) is 0 Å². The molecule has 0 aliphatic rings. The highest BCUT2D eigenvalue weighted by atomic mass is 16.4. The van der Waals surface area contributed by atoms with E-state index in [-0.39, 0.29) is 5.41 Å². The SMILES string of the molecule is CCN(CCCCC(C)(C)C(N)=NO)C(C)C. The summed E-state index contributed by atoms with van der Waals surface area (Å²) in [5.41, 5.74) is 5.45. The van der Waals surface area contributed by atoms with Gasteiger partial charge < -0.3 is 15.8 Å². The standard InChI is InChI=1S/C13H29N3O/c1-6-16(11(2)3)10-8-7-9-13(4,5)12(14)15-17/h11,17H,6-10H2,1-5H3,(H2,14,15). The molecule has 0 bridgehead atoms. The Hall–Kier alpha value is -0.770. The Morgan fingerprint density at radius 2 is 1.94 bits per heavy atom. The molecule has 3 N–H and O–H groups in total. The van der Waals surface area contributed by atoms with Gasteiger partial charge in [-0.3, -0.25) is 0 Å². The van der Waals surface area contributed by atoms with Gasteiger partial charge in [0, 0.05) is 11.5 Å². The number of hydrogen-bond acceptors (Lipinski definition) is 3. The van der Waals surface area contributed by atoms with Crippen molar-refractivity contribution in [3.05, 3.63) is 0 Å². The molecule has 0 spiro atoms. The van der Waals surface area contributed by atoms with Gasteiger partial charge in [0.2, 0.25) is 0 Å². The van der Waals surface area contributed by atoms with Crippen molar-refractivity contribution in [3.63, 3.8) is 0 Å². The summed E-state index contributed by atoms with van der Waals surface area (Å²) in [6.07, 6.45) is 3.22. The van der Waals surface area contributed by atoms with Gasteiger partial charge in [0.25, 0.3) is 0 Å². The van der Waals surface area contributed by atoms with Gasteiger partial charge in [0.1, 0.15) is 5.84 Å². The first kappa shape index (κ1) is 16.2. The number of rotatable bonds is 8. The molecule has 0 rings (SSSR count). The lowest BCUT2D eigenvalue weighted by Crippen LogP contribution is -2.33. The van der Waals surface area contributed by atoms with Gasteiger partial charge in [-0.2, -0.15) is 0 Å². The summed E-state index contributed by atoms with van der Waals surface area (Å²) in [5.74, 6) is 0.328. The molecule has 4 heteroatoms. The lowest BCUT2D eigenvalue weighted by atomic mass is 9.86. The number of nitrogens with two attached hydrogens (primary N) is 1. The number of hydrogen-bond donors (Lipinski definition) is 2. The zero-order valence-corrected chi connectivity index (χ0v) is 12.0. The maximum absolute atomic E-state index is 8.68. The number of unbranched alkanes of at least 4 members (excludes halogenated alkanes) is 1. The molecule has 0 radical (unpaired) electrons. The molecule has 0 aromatic carbocycles. The van der Waals surface area contributed by atoms with E-state index in [9.17, 15) is 0 Å². The van der Waals surface area contributed by atoms with E-state index < -0.39 is 0 Å². The minimum atomic E-state index is -0.205. The van der Waals surface area contributed by atoms with Crippen LogP contribution in [0.15, 0.2) is 5.16 Å². The molecule has 4 nitrogen and oxygen atoms in total. The van der Waals surface area contributed by atoms with Crippen molar-refractivity contribution < 1.29 is 5.21 Å². The van der Waals surface area contributed by atoms with Crippen molar-refractivity contribution in [1.82, 2.24) is 4.90 Å². The van der Waals surface area contributed by atoms with Crippen LogP contribution in [0, 0.1) is 5.41 Å². The Balaban J connectivity index is 3.92. The minimum Gasteiger partial charge on any atom is -0.409 e. The Morgan fingerprint density at radius 1 is 1.35 bits per heavy atom. The van der Waals surface area contributed by atoms with Crippen LogP contribution in [0.3, 0.4) is 0 Å². The quantitative estimate of drug-likeness (QED) is 0.226. The van der Waals surface area contributed by atoms with Crippen LogP contribution >= 0.6 is 0 Å². The van der Waals surface area contributed by atoms with Crippen molar-refractivity contribution in [2.45, 2.75) is 59.9 Å². The van der Waals surface area contributed by atoms with E-state index in [2.05, 4.69) is 30.8 Å². The van der Waals surface area contributed by atoms with Gasteiger partial charge in [0.05, 0.1) is 0 Å². The van der Waals surface area contributed by atoms with E-state index in [1.807, 2.05) is 13.8 Å². The topological polar surface area (TPSA) is 61.8 Å². The Labute approximate surface area is 106 Å². The third-order valence-electron chi connectivity index (χ3n) is 3.43. The molecular formula is C13H29N3O. The fraction of sp³-hybridized carbons (Fsp3) is 0.923. The van der Waals surface area contributed by atoms with Crippen LogP contribution in [-0.4, -0.2) is 35.1 Å². The second-order valence-corrected chi connectivity index (χ2v) is 5.55. The van der Waals surface area contributed by atoms with Crippen LogP contribution in [0.2, 0.25) is 0 Å². The smallest absolute Gasteiger partial charge is 0.144 e. The highest BCUT2D eigenvalue weighted by Gasteiger charge is 2.22. The normalized spacial score (nSPS) is 13.7. The lowest BCUT2D eigenvalue weighted by Gasteiger charge is -2.26. The zero-order chi connectivity index (χ0) is 13.5. The van der Waals surface area contributed by atoms with Gasteiger partial charge in [-0.25, -0.2) is 0 Å². The number of oxime groups is 1. The second-order valence-electron chi connectivity index (χ2n) is 5.55. The van der Waals surface area contributed by atoms with Crippen LogP contribution in [0.5, 0.6) is 0 Å². The van der Waals surface area contributed by atoms with Crippen molar-refractivity contribution in [2.24, 2.45) is 16.3 Å². The maximum atomic E-state index is 8.68. The Kier molecular flexibility index (Phi) is 7.19. The summed E-state index contributed by atoms with van der Waals surface area (Å²) >= 11 is 0. The zero-order valence-electron chi connectivity index (χ0n) is 12.0. The summed E-state index contributed by atoms with van der Waals surface area (Å²) in [6, 6.07) is 0.608. The molecule has 17 heavy (non-hydrogen) atoms. The number of nitrogens with zero attached hydrogens (tertiary/aromatic N) is 2. The molecule has 0 saturated heterocycles. The molecule has 0 aromatic heterocycles. The third-order valence-corrected chi connectivity index (χ3v) is 3.43. The Bertz CT molecular complexity index is 237. The van der Waals surface area contributed by atoms with Crippen LogP contribution in [0.25, 0.3) is 0 Å². The maximum Gasteiger partial charge on any atom is 0.144 e. The number of amidine groups is 1. The van der Waals surface area contributed by atoms with E-state index in [1.165, 1.54) is 0 Å². The predicted molar refractivity (Wildman–Crippen MR) is 73.4 cm³/mol. The predicted octanol–water partition coefficient (Wildman–Crippen LogP) is 2.66. The van der Waals surface area contributed by atoms with E-state index in [1.54, 1.807) is 0 Å². The van der Waals surface area contributed by atoms with Crippen molar-refractivity contribution in [3.8, 4) is 0 Å². The van der Waals surface area contributed by atoms with Gasteiger partial charge >= 0.3 is 0 Å². The van der Waals surface area contributed by atoms with Gasteiger partial charge in [-0.1, -0.05) is 32.3 Å². The molecule has 0 aliphatic heterocycles. The van der Waals surface area contributed by atoms with Crippen LogP contribution in [0.1, 0.15) is 53.9 Å². The summed E-state index contributed by atoms with van der Waals surface area (Å²) in [5, 5.41) is 11.8. The molecule has 0 amide bonds. The fourth-order valence-corrected chi connectivity index (χ4v) is 1.93. The van der Waals surface area contributed by atoms with Gasteiger partial charge in [-0.05, 0) is 39.8 Å². The summed E-state index contributed by atoms with van der Waals surface area (Å²) in [6.45, 7) is 12.9. The van der Waals surface area contributed by atoms with E-state index in [0.717, 1.165) is 32.4 Å². The molecule has 0 aromatic rings. The fourth-order valence-electron chi connectivity index (χ4n) is 1.93. The van der Waals surface area contributed by atoms with E-state index in [4.69, 9.17) is 10.9 Å². The van der Waals surface area contributed by atoms with Crippen molar-refractivity contribution >= 4 is 5.84 Å². The van der Waals surface area contributed by atoms with Crippen LogP contribution < -0.4 is 5.73 Å². The first-order valence-corrected chi connectivity index (χ1v) is 6.57. The molecule has 0 atom stereocenters. The first-order chi connectivity index (χ1) is 7.85. The Morgan fingerprint density at radius 3 is 2.35 bits per heavy atom. The van der Waals surface area contributed by atoms with Crippen LogP contribution in [-0.2, 0) is 0 Å². The highest BCUT2D eigenvalue weighted by Crippen LogP contribution is 2.23. The molecule has 0 heterocycles. The summed E-state index contributed by atoms with van der Waals surface area (Å²) < 4.78 is 0. The van der Waals surface area contributed by atoms with Gasteiger partial charge in [-0.15, -0.1) is 0 Å². The average molecular weight is 243 g/mol. The average Bonchev–Trinajstić information content (AvgIpc) is 2.27. The lowest BCUT2D eigenvalue weighted by molar-refractivity contribution is 0.225. The molecule has 102 valence electrons. The molecular weight excluding hydrogens is 214 g/mol. The molecule has 0 saturated carbocycles.